The second-order valence-electron chi connectivity index (χ2n) is 4.98. The first-order valence-corrected chi connectivity index (χ1v) is 7.09. The number of hydrogen-bond donors (Lipinski definition) is 1. The predicted octanol–water partition coefficient (Wildman–Crippen LogP) is 3.88. The van der Waals surface area contributed by atoms with Crippen molar-refractivity contribution in [3.8, 4) is 0 Å². The molecular formula is C18H18N2O. The molecule has 1 N–H and O–H groups in total. The maximum Gasteiger partial charge on any atom is 0.210 e. The van der Waals surface area contributed by atoms with Gasteiger partial charge in [-0.25, -0.2) is 4.99 Å². The van der Waals surface area contributed by atoms with E-state index in [-0.39, 0.29) is 0 Å². The van der Waals surface area contributed by atoms with Gasteiger partial charge in [-0.05, 0) is 24.6 Å². The lowest BCUT2D eigenvalue weighted by atomic mass is 10.1. The Morgan fingerprint density at radius 2 is 1.86 bits per heavy atom. The first-order valence-electron chi connectivity index (χ1n) is 7.09. The van der Waals surface area contributed by atoms with Crippen molar-refractivity contribution < 1.29 is 4.74 Å². The molecule has 1 aliphatic rings. The number of rotatable bonds is 4. The lowest BCUT2D eigenvalue weighted by Crippen LogP contribution is -2.03. The van der Waals surface area contributed by atoms with Gasteiger partial charge in [-0.15, -0.1) is 0 Å². The topological polar surface area (TPSA) is 33.6 Å². The Morgan fingerprint density at radius 3 is 2.52 bits per heavy atom. The summed E-state index contributed by atoms with van der Waals surface area (Å²) in [5.41, 5.74) is 4.39. The van der Waals surface area contributed by atoms with E-state index < -0.39 is 0 Å². The zero-order valence-corrected chi connectivity index (χ0v) is 12.0. The van der Waals surface area contributed by atoms with E-state index in [2.05, 4.69) is 41.5 Å². The highest BCUT2D eigenvalue weighted by Crippen LogP contribution is 2.19. The number of aliphatic imine (C=N–C) groups is 1. The molecule has 2 aromatic rings. The molecule has 0 unspecified atom stereocenters. The van der Waals surface area contributed by atoms with E-state index in [0.717, 1.165) is 23.5 Å². The summed E-state index contributed by atoms with van der Waals surface area (Å²) in [6.07, 6.45) is 1.96. The molecule has 21 heavy (non-hydrogen) atoms. The fourth-order valence-corrected chi connectivity index (χ4v) is 2.16. The molecule has 0 bridgehead atoms. The van der Waals surface area contributed by atoms with Crippen LogP contribution in [0.2, 0.25) is 0 Å². The van der Waals surface area contributed by atoms with Crippen molar-refractivity contribution in [3.05, 3.63) is 71.8 Å². The molecule has 0 fully saturated rings. The van der Waals surface area contributed by atoms with Crippen molar-refractivity contribution in [2.45, 2.75) is 6.92 Å². The number of aryl methyl sites for hydroxylation is 1. The number of ether oxygens (including phenoxy) is 1. The average Bonchev–Trinajstić information content (AvgIpc) is 3.01. The quantitative estimate of drug-likeness (QED) is 0.921. The van der Waals surface area contributed by atoms with Crippen LogP contribution in [0.25, 0.3) is 5.70 Å². The Balaban J connectivity index is 1.92. The maximum absolute atomic E-state index is 5.50. The van der Waals surface area contributed by atoms with Crippen molar-refractivity contribution in [2.75, 3.05) is 18.5 Å². The van der Waals surface area contributed by atoms with E-state index >= 15 is 0 Å². The fourth-order valence-electron chi connectivity index (χ4n) is 2.16. The van der Waals surface area contributed by atoms with Crippen molar-refractivity contribution in [1.82, 2.24) is 0 Å². The van der Waals surface area contributed by atoms with Crippen LogP contribution in [0.15, 0.2) is 65.7 Å². The molecule has 3 nitrogen and oxygen atoms in total. The number of anilines is 1. The summed E-state index contributed by atoms with van der Waals surface area (Å²) < 4.78 is 5.50. The van der Waals surface area contributed by atoms with Crippen LogP contribution in [-0.2, 0) is 4.74 Å². The summed E-state index contributed by atoms with van der Waals surface area (Å²) in [7, 11) is 0. The first kappa shape index (κ1) is 13.4. The normalized spacial score (nSPS) is 14.5. The number of benzene rings is 2. The number of nitrogens with zero attached hydrogens (tertiary/aromatic N) is 1. The standard InChI is InChI=1S/C18H18N2O/c1-14-7-9-15(10-8-14)17(13-18-19-11-12-21-18)20-16-5-3-2-4-6-16/h2-10,13,20H,11-12H2,1H3. The summed E-state index contributed by atoms with van der Waals surface area (Å²) in [6, 6.07) is 18.5. The molecule has 1 heterocycles. The van der Waals surface area contributed by atoms with Crippen LogP contribution < -0.4 is 5.32 Å². The number of hydrogen-bond acceptors (Lipinski definition) is 3. The lowest BCUT2D eigenvalue weighted by molar-refractivity contribution is 0.350. The summed E-state index contributed by atoms with van der Waals surface area (Å²) in [6.45, 7) is 3.48. The van der Waals surface area contributed by atoms with Gasteiger partial charge in [0.25, 0.3) is 0 Å². The van der Waals surface area contributed by atoms with Gasteiger partial charge >= 0.3 is 0 Å². The van der Waals surface area contributed by atoms with Crippen LogP contribution in [0.1, 0.15) is 11.1 Å². The summed E-state index contributed by atoms with van der Waals surface area (Å²) >= 11 is 0. The molecule has 0 radical (unpaired) electrons. The molecule has 0 atom stereocenters. The Kier molecular flexibility index (Phi) is 4.01. The van der Waals surface area contributed by atoms with E-state index in [4.69, 9.17) is 4.74 Å². The van der Waals surface area contributed by atoms with Crippen molar-refractivity contribution in [3.63, 3.8) is 0 Å². The Morgan fingerprint density at radius 1 is 1.10 bits per heavy atom. The van der Waals surface area contributed by atoms with E-state index in [1.165, 1.54) is 5.56 Å². The maximum atomic E-state index is 5.50. The fraction of sp³-hybridized carbons (Fsp3) is 0.167. The zero-order valence-electron chi connectivity index (χ0n) is 12.0. The minimum atomic E-state index is 0.665. The molecule has 0 spiro atoms. The van der Waals surface area contributed by atoms with Crippen LogP contribution in [0.4, 0.5) is 5.69 Å². The third-order valence-corrected chi connectivity index (χ3v) is 3.29. The van der Waals surface area contributed by atoms with Crippen molar-refractivity contribution >= 4 is 17.3 Å². The van der Waals surface area contributed by atoms with Crippen LogP contribution in [-0.4, -0.2) is 19.0 Å². The van der Waals surface area contributed by atoms with E-state index in [1.807, 2.05) is 36.4 Å². The highest BCUT2D eigenvalue weighted by molar-refractivity contribution is 5.98. The van der Waals surface area contributed by atoms with Crippen molar-refractivity contribution in [2.24, 2.45) is 4.99 Å². The predicted molar refractivity (Wildman–Crippen MR) is 87.5 cm³/mol. The molecule has 3 heteroatoms. The third-order valence-electron chi connectivity index (χ3n) is 3.29. The zero-order chi connectivity index (χ0) is 14.5. The van der Waals surface area contributed by atoms with E-state index in [9.17, 15) is 0 Å². The SMILES string of the molecule is Cc1ccc(C(=CC2=NCCO2)Nc2ccccc2)cc1. The van der Waals surface area contributed by atoms with Crippen LogP contribution in [0.5, 0.6) is 0 Å². The summed E-state index contributed by atoms with van der Waals surface area (Å²) in [4.78, 5) is 4.34. The molecule has 0 aromatic heterocycles. The molecule has 0 saturated carbocycles. The highest BCUT2D eigenvalue weighted by Gasteiger charge is 2.08. The van der Waals surface area contributed by atoms with Gasteiger partial charge < -0.3 is 10.1 Å². The minimum Gasteiger partial charge on any atom is -0.476 e. The minimum absolute atomic E-state index is 0.665. The van der Waals surface area contributed by atoms with Crippen LogP contribution in [0.3, 0.4) is 0 Å². The van der Waals surface area contributed by atoms with E-state index in [0.29, 0.717) is 12.5 Å². The van der Waals surface area contributed by atoms with Gasteiger partial charge in [0.05, 0.1) is 12.2 Å². The first-order chi connectivity index (χ1) is 10.3. The Labute approximate surface area is 125 Å². The molecule has 0 aliphatic carbocycles. The molecular weight excluding hydrogens is 260 g/mol. The summed E-state index contributed by atoms with van der Waals surface area (Å²) in [5, 5.41) is 3.44. The lowest BCUT2D eigenvalue weighted by Gasteiger charge is -2.12. The largest absolute Gasteiger partial charge is 0.476 e. The van der Waals surface area contributed by atoms with Gasteiger partial charge in [-0.2, -0.15) is 0 Å². The highest BCUT2D eigenvalue weighted by atomic mass is 16.5. The van der Waals surface area contributed by atoms with E-state index in [1.54, 1.807) is 0 Å². The second kappa shape index (κ2) is 6.27. The molecule has 3 rings (SSSR count). The number of nitrogens with one attached hydrogen (secondary N) is 1. The number of para-hydroxylation sites is 1. The van der Waals surface area contributed by atoms with Gasteiger partial charge in [0.15, 0.2) is 0 Å². The smallest absolute Gasteiger partial charge is 0.210 e. The van der Waals surface area contributed by atoms with Gasteiger partial charge in [-0.1, -0.05) is 48.0 Å². The molecule has 106 valence electrons. The van der Waals surface area contributed by atoms with Gasteiger partial charge in [0, 0.05) is 11.8 Å². The average molecular weight is 278 g/mol. The van der Waals surface area contributed by atoms with Crippen molar-refractivity contribution in [1.29, 1.82) is 0 Å². The summed E-state index contributed by atoms with van der Waals surface area (Å²) in [5.74, 6) is 0.689. The van der Waals surface area contributed by atoms with Crippen LogP contribution >= 0.6 is 0 Å². The molecule has 0 amide bonds. The monoisotopic (exact) mass is 278 g/mol. The Bertz CT molecular complexity index is 657. The molecule has 1 aliphatic heterocycles. The van der Waals surface area contributed by atoms with Gasteiger partial charge in [0.2, 0.25) is 5.90 Å². The molecule has 2 aromatic carbocycles. The second-order valence-corrected chi connectivity index (χ2v) is 4.98. The van der Waals surface area contributed by atoms with Gasteiger partial charge in [0.1, 0.15) is 6.61 Å². The molecule has 0 saturated heterocycles. The van der Waals surface area contributed by atoms with Gasteiger partial charge in [-0.3, -0.25) is 0 Å². The third kappa shape index (κ3) is 3.51. The Hall–Kier alpha value is -2.55. The van der Waals surface area contributed by atoms with Crippen LogP contribution in [0, 0.1) is 6.92 Å².